The molecule has 0 aliphatic heterocycles. The van der Waals surface area contributed by atoms with Gasteiger partial charge in [0.2, 0.25) is 5.95 Å². The van der Waals surface area contributed by atoms with E-state index in [4.69, 9.17) is 11.5 Å². The van der Waals surface area contributed by atoms with Crippen molar-refractivity contribution in [3.8, 4) is 0 Å². The highest BCUT2D eigenvalue weighted by Crippen LogP contribution is 2.30. The van der Waals surface area contributed by atoms with Crippen LogP contribution in [0.2, 0.25) is 0 Å². The second-order valence-electron chi connectivity index (χ2n) is 3.88. The number of hydrogen-bond donors (Lipinski definition) is 3. The standard InChI is InChI=1S/C11H14BrN7S/c1-2-3-15-10-16-5-6(12)9(19-10)20-11-17-7(13)4-8(14)18-11/h4-5H,2-3H2,1H3,(H,15,16,19)(H4,13,14,17,18). The Kier molecular flexibility index (Phi) is 4.96. The lowest BCUT2D eigenvalue weighted by atomic mass is 10.5. The van der Waals surface area contributed by atoms with Crippen LogP contribution in [-0.4, -0.2) is 26.5 Å². The molecule has 0 saturated carbocycles. The first-order valence-electron chi connectivity index (χ1n) is 5.92. The van der Waals surface area contributed by atoms with E-state index in [9.17, 15) is 0 Å². The summed E-state index contributed by atoms with van der Waals surface area (Å²) >= 11 is 4.67. The molecule has 0 aromatic carbocycles. The van der Waals surface area contributed by atoms with Crippen LogP contribution < -0.4 is 16.8 Å². The summed E-state index contributed by atoms with van der Waals surface area (Å²) in [4.78, 5) is 16.8. The molecule has 2 rings (SSSR count). The van der Waals surface area contributed by atoms with Gasteiger partial charge < -0.3 is 16.8 Å². The topological polar surface area (TPSA) is 116 Å². The molecule has 0 unspecified atom stereocenters. The number of hydrogen-bond acceptors (Lipinski definition) is 8. The van der Waals surface area contributed by atoms with Crippen molar-refractivity contribution in [2.75, 3.05) is 23.3 Å². The maximum atomic E-state index is 5.65. The second-order valence-corrected chi connectivity index (χ2v) is 5.69. The summed E-state index contributed by atoms with van der Waals surface area (Å²) in [5.41, 5.74) is 11.3. The number of nitrogen functional groups attached to an aromatic ring is 2. The van der Waals surface area contributed by atoms with Gasteiger partial charge in [0.25, 0.3) is 0 Å². The molecule has 0 amide bonds. The van der Waals surface area contributed by atoms with Crippen molar-refractivity contribution in [1.29, 1.82) is 0 Å². The summed E-state index contributed by atoms with van der Waals surface area (Å²) in [6, 6.07) is 1.51. The Morgan fingerprint density at radius 3 is 2.60 bits per heavy atom. The average Bonchev–Trinajstić information content (AvgIpc) is 2.38. The summed E-state index contributed by atoms with van der Waals surface area (Å²) in [5, 5.41) is 4.27. The normalized spacial score (nSPS) is 10.5. The molecule has 5 N–H and O–H groups in total. The third-order valence-corrected chi connectivity index (χ3v) is 3.89. The van der Waals surface area contributed by atoms with E-state index in [0.717, 1.165) is 17.4 Å². The number of aromatic nitrogens is 4. The highest BCUT2D eigenvalue weighted by atomic mass is 79.9. The Morgan fingerprint density at radius 2 is 1.95 bits per heavy atom. The van der Waals surface area contributed by atoms with Gasteiger partial charge in [-0.15, -0.1) is 0 Å². The predicted octanol–water partition coefficient (Wildman–Crippen LogP) is 2.17. The number of nitrogens with two attached hydrogens (primary N) is 2. The summed E-state index contributed by atoms with van der Waals surface area (Å²) in [7, 11) is 0. The molecule has 0 aliphatic rings. The van der Waals surface area contributed by atoms with Crippen molar-refractivity contribution in [1.82, 2.24) is 19.9 Å². The van der Waals surface area contributed by atoms with Crippen molar-refractivity contribution in [2.24, 2.45) is 0 Å². The SMILES string of the molecule is CCCNc1ncc(Br)c(Sc2nc(N)cc(N)n2)n1. The Hall–Kier alpha value is -1.61. The lowest BCUT2D eigenvalue weighted by Gasteiger charge is -2.07. The zero-order valence-corrected chi connectivity index (χ0v) is 13.2. The van der Waals surface area contributed by atoms with Crippen LogP contribution in [0.4, 0.5) is 17.6 Å². The first kappa shape index (κ1) is 14.8. The van der Waals surface area contributed by atoms with Crippen molar-refractivity contribution in [3.05, 3.63) is 16.7 Å². The van der Waals surface area contributed by atoms with Gasteiger partial charge in [0, 0.05) is 18.8 Å². The third-order valence-electron chi connectivity index (χ3n) is 2.18. The molecular weight excluding hydrogens is 342 g/mol. The highest BCUT2D eigenvalue weighted by Gasteiger charge is 2.10. The molecule has 0 saturated heterocycles. The number of anilines is 3. The van der Waals surface area contributed by atoms with Crippen molar-refractivity contribution < 1.29 is 0 Å². The van der Waals surface area contributed by atoms with Crippen molar-refractivity contribution in [2.45, 2.75) is 23.5 Å². The summed E-state index contributed by atoms with van der Waals surface area (Å²) in [6.45, 7) is 2.89. The van der Waals surface area contributed by atoms with E-state index >= 15 is 0 Å². The molecule has 2 aromatic rings. The van der Waals surface area contributed by atoms with Gasteiger partial charge >= 0.3 is 0 Å². The van der Waals surface area contributed by atoms with E-state index in [0.29, 0.717) is 27.8 Å². The van der Waals surface area contributed by atoms with Crippen LogP contribution in [0.25, 0.3) is 0 Å². The Bertz CT molecular complexity index is 587. The van der Waals surface area contributed by atoms with Gasteiger partial charge in [-0.1, -0.05) is 6.92 Å². The van der Waals surface area contributed by atoms with Gasteiger partial charge in [0.1, 0.15) is 16.7 Å². The minimum Gasteiger partial charge on any atom is -0.383 e. The molecule has 9 heteroatoms. The van der Waals surface area contributed by atoms with E-state index in [-0.39, 0.29) is 0 Å². The van der Waals surface area contributed by atoms with Gasteiger partial charge in [-0.2, -0.15) is 0 Å². The van der Waals surface area contributed by atoms with Crippen LogP contribution >= 0.6 is 27.7 Å². The lowest BCUT2D eigenvalue weighted by molar-refractivity contribution is 0.924. The van der Waals surface area contributed by atoms with E-state index < -0.39 is 0 Å². The molecule has 20 heavy (non-hydrogen) atoms. The first-order chi connectivity index (χ1) is 9.58. The predicted molar refractivity (Wildman–Crippen MR) is 83.5 cm³/mol. The average molecular weight is 356 g/mol. The van der Waals surface area contributed by atoms with Gasteiger partial charge in [-0.3, -0.25) is 0 Å². The van der Waals surface area contributed by atoms with E-state index in [2.05, 4.69) is 48.1 Å². The molecular formula is C11H14BrN7S. The fourth-order valence-electron chi connectivity index (χ4n) is 1.34. The van der Waals surface area contributed by atoms with E-state index in [1.165, 1.54) is 17.8 Å². The van der Waals surface area contributed by atoms with Crippen LogP contribution in [0.15, 0.2) is 26.9 Å². The monoisotopic (exact) mass is 355 g/mol. The van der Waals surface area contributed by atoms with Crippen LogP contribution in [0, 0.1) is 0 Å². The van der Waals surface area contributed by atoms with Gasteiger partial charge in [0.15, 0.2) is 5.16 Å². The van der Waals surface area contributed by atoms with Gasteiger partial charge in [-0.25, -0.2) is 19.9 Å². The van der Waals surface area contributed by atoms with E-state index in [1.807, 2.05) is 0 Å². The van der Waals surface area contributed by atoms with Crippen LogP contribution in [0.1, 0.15) is 13.3 Å². The van der Waals surface area contributed by atoms with Gasteiger partial charge in [-0.05, 0) is 34.1 Å². The molecule has 2 aromatic heterocycles. The fourth-order valence-corrected chi connectivity index (χ4v) is 2.53. The number of nitrogens with zero attached hydrogens (tertiary/aromatic N) is 4. The summed E-state index contributed by atoms with van der Waals surface area (Å²) < 4.78 is 0.758. The largest absolute Gasteiger partial charge is 0.383 e. The van der Waals surface area contributed by atoms with E-state index in [1.54, 1.807) is 6.20 Å². The summed E-state index contributed by atoms with van der Waals surface area (Å²) in [6.07, 6.45) is 2.68. The molecule has 0 fully saturated rings. The minimum atomic E-state index is 0.328. The third kappa shape index (κ3) is 3.94. The number of rotatable bonds is 5. The Labute approximate surface area is 129 Å². The number of nitrogens with one attached hydrogen (secondary N) is 1. The molecule has 0 aliphatic carbocycles. The van der Waals surface area contributed by atoms with Crippen molar-refractivity contribution in [3.63, 3.8) is 0 Å². The molecule has 0 atom stereocenters. The van der Waals surface area contributed by atoms with Gasteiger partial charge in [0.05, 0.1) is 4.47 Å². The van der Waals surface area contributed by atoms with Crippen LogP contribution in [0.3, 0.4) is 0 Å². The first-order valence-corrected chi connectivity index (χ1v) is 7.53. The highest BCUT2D eigenvalue weighted by molar-refractivity contribution is 9.10. The molecule has 106 valence electrons. The zero-order valence-electron chi connectivity index (χ0n) is 10.8. The fraction of sp³-hybridized carbons (Fsp3) is 0.273. The maximum Gasteiger partial charge on any atom is 0.223 e. The Balaban J connectivity index is 2.23. The molecule has 0 spiro atoms. The molecule has 0 bridgehead atoms. The smallest absolute Gasteiger partial charge is 0.223 e. The maximum absolute atomic E-state index is 5.65. The molecule has 0 radical (unpaired) electrons. The zero-order chi connectivity index (χ0) is 14.5. The van der Waals surface area contributed by atoms with Crippen LogP contribution in [-0.2, 0) is 0 Å². The lowest BCUT2D eigenvalue weighted by Crippen LogP contribution is -2.05. The molecule has 7 nitrogen and oxygen atoms in total. The molecule has 2 heterocycles. The Morgan fingerprint density at radius 1 is 1.25 bits per heavy atom. The van der Waals surface area contributed by atoms with Crippen LogP contribution in [0.5, 0.6) is 0 Å². The minimum absolute atomic E-state index is 0.328. The second kappa shape index (κ2) is 6.71. The van der Waals surface area contributed by atoms with Crippen molar-refractivity contribution >= 4 is 45.3 Å². The quantitative estimate of drug-likeness (QED) is 0.551. The number of halogens is 1. The summed E-state index contributed by atoms with van der Waals surface area (Å²) in [5.74, 6) is 1.22.